The predicted molar refractivity (Wildman–Crippen MR) is 53.4 cm³/mol. The second-order valence-electron chi connectivity index (χ2n) is 4.57. The van der Waals surface area contributed by atoms with Crippen LogP contribution in [-0.4, -0.2) is 9.78 Å². The Morgan fingerprint density at radius 1 is 1.54 bits per heavy atom. The summed E-state index contributed by atoms with van der Waals surface area (Å²) in [5.41, 5.74) is 7.10. The van der Waals surface area contributed by atoms with E-state index < -0.39 is 0 Å². The van der Waals surface area contributed by atoms with Gasteiger partial charge in [0.2, 0.25) is 0 Å². The van der Waals surface area contributed by atoms with Gasteiger partial charge >= 0.3 is 0 Å². The molecular formula is C10H17N3. The van der Waals surface area contributed by atoms with Gasteiger partial charge in [-0.05, 0) is 18.8 Å². The predicted octanol–water partition coefficient (Wildman–Crippen LogP) is 1.69. The summed E-state index contributed by atoms with van der Waals surface area (Å²) in [4.78, 5) is 0. The van der Waals surface area contributed by atoms with Crippen molar-refractivity contribution in [1.82, 2.24) is 9.78 Å². The van der Waals surface area contributed by atoms with Gasteiger partial charge in [0.25, 0.3) is 0 Å². The molecule has 0 radical (unpaired) electrons. The van der Waals surface area contributed by atoms with Gasteiger partial charge < -0.3 is 5.73 Å². The molecule has 0 unspecified atom stereocenters. The smallest absolute Gasteiger partial charge is 0.121 e. The van der Waals surface area contributed by atoms with E-state index in [1.165, 1.54) is 12.8 Å². The van der Waals surface area contributed by atoms with E-state index in [2.05, 4.69) is 18.9 Å². The molecule has 1 saturated carbocycles. The Kier molecular flexibility index (Phi) is 1.65. The lowest BCUT2D eigenvalue weighted by atomic mass is 9.84. The number of aryl methyl sites for hydroxylation is 1. The number of aromatic nitrogens is 2. The molecule has 1 aromatic rings. The minimum absolute atomic E-state index is 0.204. The second-order valence-corrected chi connectivity index (χ2v) is 4.57. The zero-order chi connectivity index (χ0) is 9.64. The van der Waals surface area contributed by atoms with Crippen molar-refractivity contribution in [3.05, 3.63) is 11.8 Å². The summed E-state index contributed by atoms with van der Waals surface area (Å²) < 4.78 is 1.75. The van der Waals surface area contributed by atoms with Gasteiger partial charge in [-0.25, -0.2) is 0 Å². The zero-order valence-electron chi connectivity index (χ0n) is 8.54. The lowest BCUT2D eigenvalue weighted by Gasteiger charge is -2.21. The lowest BCUT2D eigenvalue weighted by Crippen LogP contribution is -2.20. The first-order chi connectivity index (χ1) is 6.01. The summed E-state index contributed by atoms with van der Waals surface area (Å²) >= 11 is 0. The highest BCUT2D eigenvalue weighted by Gasteiger charge is 2.40. The van der Waals surface area contributed by atoms with Crippen LogP contribution in [0.3, 0.4) is 0 Å². The van der Waals surface area contributed by atoms with Crippen molar-refractivity contribution in [2.24, 2.45) is 13.0 Å². The first-order valence-corrected chi connectivity index (χ1v) is 4.82. The Morgan fingerprint density at radius 2 is 2.15 bits per heavy atom. The third-order valence-electron chi connectivity index (χ3n) is 3.17. The highest BCUT2D eigenvalue weighted by molar-refractivity contribution is 5.34. The van der Waals surface area contributed by atoms with E-state index >= 15 is 0 Å². The van der Waals surface area contributed by atoms with Crippen LogP contribution in [-0.2, 0) is 12.5 Å². The molecule has 3 nitrogen and oxygen atoms in total. The van der Waals surface area contributed by atoms with Crippen LogP contribution in [0, 0.1) is 5.92 Å². The number of hydrogen-bond donors (Lipinski definition) is 1. The quantitative estimate of drug-likeness (QED) is 0.750. The molecule has 1 fully saturated rings. The van der Waals surface area contributed by atoms with Gasteiger partial charge in [-0.3, -0.25) is 4.68 Å². The Hall–Kier alpha value is -0.990. The van der Waals surface area contributed by atoms with E-state index in [1.54, 1.807) is 4.68 Å². The highest BCUT2D eigenvalue weighted by Crippen LogP contribution is 2.46. The zero-order valence-corrected chi connectivity index (χ0v) is 8.54. The molecule has 2 N–H and O–H groups in total. The largest absolute Gasteiger partial charge is 0.384 e. The number of nitrogens with zero attached hydrogens (tertiary/aromatic N) is 2. The molecule has 0 spiro atoms. The van der Waals surface area contributed by atoms with Crippen LogP contribution in [0.25, 0.3) is 0 Å². The maximum Gasteiger partial charge on any atom is 0.121 e. The molecular weight excluding hydrogens is 162 g/mol. The van der Waals surface area contributed by atoms with Crippen molar-refractivity contribution in [1.29, 1.82) is 0 Å². The van der Waals surface area contributed by atoms with Crippen LogP contribution in [0.2, 0.25) is 0 Å². The minimum Gasteiger partial charge on any atom is -0.384 e. The molecule has 3 heteroatoms. The summed E-state index contributed by atoms with van der Waals surface area (Å²) in [5, 5.41) is 4.43. The van der Waals surface area contributed by atoms with Crippen molar-refractivity contribution in [3.8, 4) is 0 Å². The monoisotopic (exact) mass is 179 g/mol. The van der Waals surface area contributed by atoms with Crippen LogP contribution >= 0.6 is 0 Å². The Morgan fingerprint density at radius 3 is 2.54 bits per heavy atom. The van der Waals surface area contributed by atoms with Crippen molar-refractivity contribution >= 4 is 5.82 Å². The summed E-state index contributed by atoms with van der Waals surface area (Å²) in [6.45, 7) is 4.51. The van der Waals surface area contributed by atoms with Gasteiger partial charge in [-0.1, -0.05) is 13.8 Å². The fraction of sp³-hybridized carbons (Fsp3) is 0.700. The summed E-state index contributed by atoms with van der Waals surface area (Å²) in [6.07, 6.45) is 2.67. The van der Waals surface area contributed by atoms with Crippen molar-refractivity contribution in [3.63, 3.8) is 0 Å². The molecule has 0 atom stereocenters. The Bertz CT molecular complexity index is 301. The molecule has 0 bridgehead atoms. The van der Waals surface area contributed by atoms with E-state index in [9.17, 15) is 0 Å². The fourth-order valence-electron chi connectivity index (χ4n) is 1.81. The molecule has 2 rings (SSSR count). The number of nitrogen functional groups attached to an aromatic ring is 1. The van der Waals surface area contributed by atoms with Crippen LogP contribution < -0.4 is 5.73 Å². The van der Waals surface area contributed by atoms with E-state index in [4.69, 9.17) is 5.73 Å². The fourth-order valence-corrected chi connectivity index (χ4v) is 1.81. The third-order valence-corrected chi connectivity index (χ3v) is 3.17. The second kappa shape index (κ2) is 2.50. The van der Waals surface area contributed by atoms with Gasteiger partial charge in [0.05, 0.1) is 5.69 Å². The van der Waals surface area contributed by atoms with Crippen LogP contribution in [0.5, 0.6) is 0 Å². The van der Waals surface area contributed by atoms with Gasteiger partial charge in [-0.15, -0.1) is 0 Å². The molecule has 0 aliphatic heterocycles. The molecule has 1 aromatic heterocycles. The molecule has 0 saturated heterocycles. The Balaban J connectivity index is 2.33. The van der Waals surface area contributed by atoms with Gasteiger partial charge in [0, 0.05) is 18.5 Å². The average molecular weight is 179 g/mol. The molecule has 1 aliphatic carbocycles. The van der Waals surface area contributed by atoms with Gasteiger partial charge in [-0.2, -0.15) is 5.10 Å². The third kappa shape index (κ3) is 1.32. The van der Waals surface area contributed by atoms with Gasteiger partial charge in [0.15, 0.2) is 0 Å². The van der Waals surface area contributed by atoms with Crippen molar-refractivity contribution in [2.75, 3.05) is 5.73 Å². The van der Waals surface area contributed by atoms with E-state index in [1.807, 2.05) is 13.1 Å². The topological polar surface area (TPSA) is 43.8 Å². The van der Waals surface area contributed by atoms with E-state index in [0.29, 0.717) is 0 Å². The maximum atomic E-state index is 5.76. The average Bonchev–Trinajstić information content (AvgIpc) is 2.81. The first-order valence-electron chi connectivity index (χ1n) is 4.82. The van der Waals surface area contributed by atoms with Crippen molar-refractivity contribution < 1.29 is 0 Å². The molecule has 0 aromatic carbocycles. The van der Waals surface area contributed by atoms with Crippen molar-refractivity contribution in [2.45, 2.75) is 32.1 Å². The number of hydrogen-bond acceptors (Lipinski definition) is 2. The van der Waals surface area contributed by atoms with E-state index in [0.717, 1.165) is 17.4 Å². The van der Waals surface area contributed by atoms with Crippen LogP contribution in [0.15, 0.2) is 6.07 Å². The Labute approximate surface area is 78.9 Å². The molecule has 72 valence electrons. The number of anilines is 1. The number of nitrogens with two attached hydrogens (primary N) is 1. The van der Waals surface area contributed by atoms with Crippen LogP contribution in [0.1, 0.15) is 32.4 Å². The standard InChI is InChI=1S/C10H17N3/c1-10(2,7-4-5-7)8-6-9(11)13(3)12-8/h6-7H,4-5,11H2,1-3H3. The molecule has 1 aliphatic rings. The van der Waals surface area contributed by atoms with E-state index in [-0.39, 0.29) is 5.41 Å². The lowest BCUT2D eigenvalue weighted by molar-refractivity contribution is 0.435. The normalized spacial score (nSPS) is 17.8. The SMILES string of the molecule is Cn1nc(C(C)(C)C2CC2)cc1N. The van der Waals surface area contributed by atoms with Gasteiger partial charge in [0.1, 0.15) is 5.82 Å². The van der Waals surface area contributed by atoms with Crippen LogP contribution in [0.4, 0.5) is 5.82 Å². The number of rotatable bonds is 2. The summed E-state index contributed by atoms with van der Waals surface area (Å²) in [7, 11) is 1.89. The summed E-state index contributed by atoms with van der Waals surface area (Å²) in [6, 6.07) is 2.00. The molecule has 1 heterocycles. The maximum absolute atomic E-state index is 5.76. The highest BCUT2D eigenvalue weighted by atomic mass is 15.3. The summed E-state index contributed by atoms with van der Waals surface area (Å²) in [5.74, 6) is 1.56. The molecule has 13 heavy (non-hydrogen) atoms. The molecule has 0 amide bonds. The first kappa shape index (κ1) is 8.60. The minimum atomic E-state index is 0.204.